The van der Waals surface area contributed by atoms with Crippen molar-refractivity contribution >= 4 is 29.3 Å². The van der Waals surface area contributed by atoms with Crippen molar-refractivity contribution in [2.45, 2.75) is 10.7 Å². The van der Waals surface area contributed by atoms with E-state index < -0.39 is 10.7 Å². The molecule has 0 fully saturated rings. The number of halogens is 3. The summed E-state index contributed by atoms with van der Waals surface area (Å²) in [4.78, 5) is 0. The van der Waals surface area contributed by atoms with Crippen molar-refractivity contribution in [3.05, 3.63) is 42.0 Å². The van der Waals surface area contributed by atoms with E-state index in [-0.39, 0.29) is 0 Å². The average molecular weight is 235 g/mol. The van der Waals surface area contributed by atoms with Gasteiger partial charge in [-0.2, -0.15) is 0 Å². The van der Waals surface area contributed by atoms with Gasteiger partial charge in [0, 0.05) is 0 Å². The third-order valence-corrected chi connectivity index (χ3v) is 2.05. The molecule has 1 nitrogen and oxygen atoms in total. The zero-order valence-electron chi connectivity index (χ0n) is 7.20. The van der Waals surface area contributed by atoms with Gasteiger partial charge in [0.05, 0.1) is 0 Å². The van der Waals surface area contributed by atoms with Crippen molar-refractivity contribution in [1.82, 2.24) is 0 Å². The highest BCUT2D eigenvalue weighted by Crippen LogP contribution is 2.27. The lowest BCUT2D eigenvalue weighted by Gasteiger charge is -2.12. The molecule has 14 heavy (non-hydrogen) atoms. The van der Waals surface area contributed by atoms with Gasteiger partial charge in [-0.05, 0) is 11.6 Å². The van der Waals surface area contributed by atoms with E-state index in [4.69, 9.17) is 28.3 Å². The minimum Gasteiger partial charge on any atom is -0.383 e. The van der Waals surface area contributed by atoms with Crippen LogP contribution in [0.1, 0.15) is 5.56 Å². The molecule has 0 saturated carbocycles. The maximum atomic E-state index is 12.7. The molecule has 0 aliphatic carbocycles. The zero-order chi connectivity index (χ0) is 10.6. The summed E-state index contributed by atoms with van der Waals surface area (Å²) >= 11 is 10.1. The Kier molecular flexibility index (Phi) is 3.93. The molecule has 0 heterocycles. The Morgan fingerprint density at radius 2 is 1.86 bits per heavy atom. The van der Waals surface area contributed by atoms with E-state index >= 15 is 0 Å². The van der Waals surface area contributed by atoms with Gasteiger partial charge in [-0.3, -0.25) is 0 Å². The second-order valence-electron chi connectivity index (χ2n) is 2.76. The van der Waals surface area contributed by atoms with Crippen molar-refractivity contribution < 1.29 is 9.50 Å². The van der Waals surface area contributed by atoms with Gasteiger partial charge in [0.1, 0.15) is 6.10 Å². The Labute approximate surface area is 91.8 Å². The summed E-state index contributed by atoms with van der Waals surface area (Å²) in [5.74, 6) is 0. The molecule has 1 N–H and O–H groups in total. The van der Waals surface area contributed by atoms with Gasteiger partial charge in [-0.25, -0.2) is 4.39 Å². The summed E-state index contributed by atoms with van der Waals surface area (Å²) in [6.07, 6.45) is 1.21. The molecule has 0 aliphatic heterocycles. The van der Waals surface area contributed by atoms with E-state index in [0.717, 1.165) is 5.56 Å². The second kappa shape index (κ2) is 4.78. The molecule has 1 atom stereocenters. The van der Waals surface area contributed by atoms with Crippen LogP contribution in [-0.4, -0.2) is 15.8 Å². The van der Waals surface area contributed by atoms with Gasteiger partial charge < -0.3 is 5.11 Å². The molecule has 0 amide bonds. The first-order valence-corrected chi connectivity index (χ1v) is 4.74. The van der Waals surface area contributed by atoms with E-state index in [1.807, 2.05) is 30.3 Å². The molecule has 76 valence electrons. The third kappa shape index (κ3) is 3.66. The molecular formula is C10H9Cl2FO. The molecule has 0 saturated heterocycles. The van der Waals surface area contributed by atoms with Crippen molar-refractivity contribution in [2.24, 2.45) is 0 Å². The molecule has 1 rings (SSSR count). The zero-order valence-corrected chi connectivity index (χ0v) is 8.71. The van der Waals surface area contributed by atoms with Gasteiger partial charge in [0.2, 0.25) is 0 Å². The third-order valence-electron chi connectivity index (χ3n) is 1.61. The van der Waals surface area contributed by atoms with Gasteiger partial charge in [-0.15, -0.1) is 0 Å². The Morgan fingerprint density at radius 3 is 2.36 bits per heavy atom. The fourth-order valence-corrected chi connectivity index (χ4v) is 1.02. The highest BCUT2D eigenvalue weighted by molar-refractivity contribution is 6.47. The number of benzene rings is 1. The molecule has 0 aromatic heterocycles. The molecule has 1 aromatic carbocycles. The van der Waals surface area contributed by atoms with Crippen LogP contribution in [0.5, 0.6) is 0 Å². The smallest absolute Gasteiger partial charge is 0.286 e. The molecule has 0 bridgehead atoms. The summed E-state index contributed by atoms with van der Waals surface area (Å²) in [5, 5.41) is 9.12. The lowest BCUT2D eigenvalue weighted by Crippen LogP contribution is -2.23. The minimum absolute atomic E-state index is 0.837. The predicted octanol–water partition coefficient (Wildman–Crippen LogP) is 3.16. The Hall–Kier alpha value is -0.570. The quantitative estimate of drug-likeness (QED) is 0.798. The maximum Gasteiger partial charge on any atom is 0.286 e. The van der Waals surface area contributed by atoms with Crippen LogP contribution < -0.4 is 0 Å². The van der Waals surface area contributed by atoms with Crippen LogP contribution in [0.15, 0.2) is 36.4 Å². The molecule has 4 heteroatoms. The van der Waals surface area contributed by atoms with E-state index in [2.05, 4.69) is 0 Å². The van der Waals surface area contributed by atoms with Crippen LogP contribution in [0.4, 0.5) is 4.39 Å². The lowest BCUT2D eigenvalue weighted by atomic mass is 10.2. The van der Waals surface area contributed by atoms with Crippen LogP contribution in [0.2, 0.25) is 0 Å². The number of hydrogen-bond donors (Lipinski definition) is 1. The van der Waals surface area contributed by atoms with E-state index in [9.17, 15) is 4.39 Å². The minimum atomic E-state index is -2.65. The first-order chi connectivity index (χ1) is 6.50. The number of aliphatic hydroxyl groups is 1. The van der Waals surface area contributed by atoms with Crippen LogP contribution in [0, 0.1) is 0 Å². The molecule has 1 aromatic rings. The first kappa shape index (κ1) is 11.5. The maximum absolute atomic E-state index is 12.7. The van der Waals surface area contributed by atoms with Crippen LogP contribution >= 0.6 is 23.2 Å². The lowest BCUT2D eigenvalue weighted by molar-refractivity contribution is 0.139. The van der Waals surface area contributed by atoms with Crippen molar-refractivity contribution in [1.29, 1.82) is 0 Å². The van der Waals surface area contributed by atoms with E-state index in [1.165, 1.54) is 6.08 Å². The van der Waals surface area contributed by atoms with Crippen LogP contribution in [0.3, 0.4) is 0 Å². The largest absolute Gasteiger partial charge is 0.383 e. The van der Waals surface area contributed by atoms with Gasteiger partial charge in [0.25, 0.3) is 4.59 Å². The summed E-state index contributed by atoms with van der Waals surface area (Å²) in [5.41, 5.74) is 0.837. The highest BCUT2D eigenvalue weighted by Gasteiger charge is 2.30. The summed E-state index contributed by atoms with van der Waals surface area (Å²) in [6, 6.07) is 9.14. The molecule has 1 unspecified atom stereocenters. The summed E-state index contributed by atoms with van der Waals surface area (Å²) in [6.45, 7) is 0. The molecule has 0 aliphatic rings. The number of aliphatic hydroxyl groups excluding tert-OH is 1. The van der Waals surface area contributed by atoms with Crippen molar-refractivity contribution in [2.75, 3.05) is 0 Å². The van der Waals surface area contributed by atoms with Gasteiger partial charge in [0.15, 0.2) is 0 Å². The molecule has 0 radical (unpaired) electrons. The van der Waals surface area contributed by atoms with Gasteiger partial charge >= 0.3 is 0 Å². The predicted molar refractivity (Wildman–Crippen MR) is 57.0 cm³/mol. The number of alkyl halides is 3. The van der Waals surface area contributed by atoms with E-state index in [1.54, 1.807) is 6.08 Å². The highest BCUT2D eigenvalue weighted by atomic mass is 35.5. The first-order valence-electron chi connectivity index (χ1n) is 3.98. The van der Waals surface area contributed by atoms with Crippen LogP contribution in [0.25, 0.3) is 6.08 Å². The fraction of sp³-hybridized carbons (Fsp3) is 0.200. The number of rotatable bonds is 3. The monoisotopic (exact) mass is 234 g/mol. The van der Waals surface area contributed by atoms with Gasteiger partial charge in [-0.1, -0.05) is 59.6 Å². The summed E-state index contributed by atoms with van der Waals surface area (Å²) in [7, 11) is 0. The Bertz CT molecular complexity index is 306. The topological polar surface area (TPSA) is 20.2 Å². The average Bonchev–Trinajstić information content (AvgIpc) is 2.14. The SMILES string of the molecule is OC(/C=C/c1ccccc1)C(F)(Cl)Cl. The Morgan fingerprint density at radius 1 is 1.29 bits per heavy atom. The second-order valence-corrected chi connectivity index (χ2v) is 4.05. The molecular weight excluding hydrogens is 226 g/mol. The molecule has 0 spiro atoms. The Balaban J connectivity index is 2.66. The standard InChI is InChI=1S/C10H9Cl2FO/c11-10(12,13)9(14)7-6-8-4-2-1-3-5-8/h1-7,9,14H/b7-6+. The van der Waals surface area contributed by atoms with E-state index in [0.29, 0.717) is 0 Å². The normalized spacial score (nSPS) is 14.6. The van der Waals surface area contributed by atoms with Crippen molar-refractivity contribution in [3.8, 4) is 0 Å². The fourth-order valence-electron chi connectivity index (χ4n) is 0.876. The summed E-state index contributed by atoms with van der Waals surface area (Å²) < 4.78 is 10.1. The van der Waals surface area contributed by atoms with Crippen LogP contribution in [-0.2, 0) is 0 Å². The number of hydrogen-bond acceptors (Lipinski definition) is 1. The van der Waals surface area contributed by atoms with Crippen molar-refractivity contribution in [3.63, 3.8) is 0 Å².